The Balaban J connectivity index is 0.00000840. The summed E-state index contributed by atoms with van der Waals surface area (Å²) in [5.41, 5.74) is 6.56. The van der Waals surface area contributed by atoms with E-state index in [1.807, 2.05) is 44.0 Å². The van der Waals surface area contributed by atoms with Crippen molar-refractivity contribution in [1.82, 2.24) is 4.90 Å². The zero-order valence-corrected chi connectivity index (χ0v) is 27.9. The number of ketones is 1. The first-order chi connectivity index (χ1) is 19.1. The summed E-state index contributed by atoms with van der Waals surface area (Å²) in [6.45, 7) is 18.9. The number of hydrogen-bond donors (Lipinski definition) is 1. The number of anilines is 1. The molecule has 0 saturated carbocycles. The molecule has 1 atom stereocenters. The van der Waals surface area contributed by atoms with E-state index < -0.39 is 0 Å². The lowest BCUT2D eigenvalue weighted by Gasteiger charge is -2.37. The van der Waals surface area contributed by atoms with Crippen molar-refractivity contribution < 1.29 is 40.5 Å². The average Bonchev–Trinajstić information content (AvgIpc) is 2.90. The summed E-state index contributed by atoms with van der Waals surface area (Å²) in [5, 5.41) is 3.02. The fourth-order valence-electron chi connectivity index (χ4n) is 5.24. The molecule has 0 fully saturated rings. The van der Waals surface area contributed by atoms with Crippen molar-refractivity contribution in [2.24, 2.45) is 0 Å². The van der Waals surface area contributed by atoms with Crippen molar-refractivity contribution in [3.8, 4) is 0 Å². The van der Waals surface area contributed by atoms with Crippen LogP contribution in [0.3, 0.4) is 0 Å². The number of amides is 1. The minimum Gasteiger partial charge on any atom is -1.00 e. The van der Waals surface area contributed by atoms with Crippen molar-refractivity contribution in [2.75, 3.05) is 78.1 Å². The molecule has 1 unspecified atom stereocenters. The quantitative estimate of drug-likeness (QED) is 0.189. The molecule has 1 N–H and O–H groups in total. The maximum Gasteiger partial charge on any atom is 0.238 e. The number of rotatable bonds is 19. The summed E-state index contributed by atoms with van der Waals surface area (Å²) in [5.74, 6) is 0.267. The normalized spacial score (nSPS) is 12.6. The van der Waals surface area contributed by atoms with E-state index in [-0.39, 0.29) is 22.9 Å². The van der Waals surface area contributed by atoms with Crippen LogP contribution in [0.25, 0.3) is 0 Å². The Bertz CT molecular complexity index is 1050. The van der Waals surface area contributed by atoms with Gasteiger partial charge in [0.1, 0.15) is 13.1 Å². The van der Waals surface area contributed by atoms with Crippen LogP contribution in [0.15, 0.2) is 36.4 Å². The van der Waals surface area contributed by atoms with Crippen molar-refractivity contribution in [1.29, 1.82) is 0 Å². The maximum atomic E-state index is 13.1. The summed E-state index contributed by atoms with van der Waals surface area (Å²) < 4.78 is 12.4. The first kappa shape index (κ1) is 36.9. The number of aryl methyl sites for hydroxylation is 4. The highest BCUT2D eigenvalue weighted by molar-refractivity contribution is 5.93. The Hall–Kier alpha value is -2.10. The summed E-state index contributed by atoms with van der Waals surface area (Å²) in [7, 11) is 1.92. The molecule has 8 heteroatoms. The lowest BCUT2D eigenvalue weighted by molar-refractivity contribution is -0.919. The minimum absolute atomic E-state index is 0. The topological polar surface area (TPSA) is 67.9 Å². The van der Waals surface area contributed by atoms with E-state index in [4.69, 9.17) is 9.47 Å². The Morgan fingerprint density at radius 1 is 0.829 bits per heavy atom. The van der Waals surface area contributed by atoms with Crippen LogP contribution in [0.2, 0.25) is 0 Å². The van der Waals surface area contributed by atoms with Gasteiger partial charge in [0.2, 0.25) is 5.91 Å². The molecule has 2 rings (SSSR count). The fourth-order valence-corrected chi connectivity index (χ4v) is 5.24. The van der Waals surface area contributed by atoms with Gasteiger partial charge in [-0.2, -0.15) is 0 Å². The monoisotopic (exact) mass is 633 g/mol. The highest BCUT2D eigenvalue weighted by Gasteiger charge is 2.28. The number of quaternary nitrogens is 1. The number of likely N-dealkylation sites (N-methyl/N-ethyl adjacent to an activating group) is 2. The second-order valence-corrected chi connectivity index (χ2v) is 11.1. The third-order valence-electron chi connectivity index (χ3n) is 7.76. The molecule has 0 aliphatic carbocycles. The van der Waals surface area contributed by atoms with Crippen molar-refractivity contribution >= 4 is 17.4 Å². The molecule has 0 aromatic heterocycles. The van der Waals surface area contributed by atoms with E-state index in [2.05, 4.69) is 51.2 Å². The van der Waals surface area contributed by atoms with Gasteiger partial charge in [-0.15, -0.1) is 0 Å². The van der Waals surface area contributed by atoms with Gasteiger partial charge in [0.05, 0.1) is 46.1 Å². The number of nitrogens with zero attached hydrogens (tertiary/aromatic N) is 2. The summed E-state index contributed by atoms with van der Waals surface area (Å²) in [4.78, 5) is 27.5. The van der Waals surface area contributed by atoms with Crippen molar-refractivity contribution in [2.45, 2.75) is 54.4 Å². The van der Waals surface area contributed by atoms with Crippen LogP contribution in [0.5, 0.6) is 0 Å². The van der Waals surface area contributed by atoms with Crippen molar-refractivity contribution in [3.05, 3.63) is 64.2 Å². The number of carbonyl (C=O) groups is 2. The predicted molar refractivity (Wildman–Crippen MR) is 164 cm³/mol. The molecule has 0 bridgehead atoms. The minimum atomic E-state index is -0.0274. The van der Waals surface area contributed by atoms with Crippen LogP contribution in [0.1, 0.15) is 48.1 Å². The molecule has 7 nitrogen and oxygen atoms in total. The van der Waals surface area contributed by atoms with Gasteiger partial charge in [0.15, 0.2) is 5.78 Å². The fraction of sp³-hybridized carbons (Fsp3) is 0.576. The lowest BCUT2D eigenvalue weighted by atomic mass is 9.97. The molecule has 0 aliphatic rings. The molecule has 0 aliphatic heterocycles. The van der Waals surface area contributed by atoms with Crippen LogP contribution in [0, 0.1) is 27.7 Å². The van der Waals surface area contributed by atoms with E-state index in [0.717, 1.165) is 47.4 Å². The third-order valence-corrected chi connectivity index (χ3v) is 7.76. The van der Waals surface area contributed by atoms with Gasteiger partial charge in [0.25, 0.3) is 0 Å². The number of Topliss-reactive ketones (excluding diaryl/α,β-unsaturated/α-hetero) is 1. The van der Waals surface area contributed by atoms with E-state index in [9.17, 15) is 9.59 Å². The van der Waals surface area contributed by atoms with E-state index in [0.29, 0.717) is 58.3 Å². The molecule has 0 radical (unpaired) electrons. The van der Waals surface area contributed by atoms with E-state index in [1.165, 1.54) is 16.7 Å². The third kappa shape index (κ3) is 12.7. The standard InChI is InChI=1S/C33H51N3O4.BrH/c1-8-17-36(9-2,25-30(37)23-31-26(3)12-10-13-27(31)4)18-20-40-22-21-39-19-16-35(7)24-32(38)34-33-28(5)14-11-15-29(33)6;/h10-15H,8-9,16-25H2,1-7H3;1H. The van der Waals surface area contributed by atoms with Crippen LogP contribution in [-0.2, 0) is 25.5 Å². The number of ether oxygens (including phenoxy) is 2. The molecule has 0 spiro atoms. The largest absolute Gasteiger partial charge is 1.00 e. The molecule has 0 heterocycles. The Kier molecular flexibility index (Phi) is 17.3. The van der Waals surface area contributed by atoms with Gasteiger partial charge in [-0.1, -0.05) is 43.3 Å². The number of hydrogen-bond acceptors (Lipinski definition) is 5. The van der Waals surface area contributed by atoms with E-state index >= 15 is 0 Å². The highest BCUT2D eigenvalue weighted by Crippen LogP contribution is 2.19. The highest BCUT2D eigenvalue weighted by atomic mass is 79.9. The molecular weight excluding hydrogens is 582 g/mol. The lowest BCUT2D eigenvalue weighted by Crippen LogP contribution is -3.00. The zero-order valence-electron chi connectivity index (χ0n) is 26.4. The SMILES string of the molecule is CCC[N+](CC)(CCOCCOCCN(C)CC(=O)Nc1c(C)cccc1C)CC(=O)Cc1c(C)cccc1C.[Br-]. The predicted octanol–water partition coefficient (Wildman–Crippen LogP) is 1.89. The summed E-state index contributed by atoms with van der Waals surface area (Å²) in [6, 6.07) is 12.2. The summed E-state index contributed by atoms with van der Waals surface area (Å²) >= 11 is 0. The van der Waals surface area contributed by atoms with Crippen molar-refractivity contribution in [3.63, 3.8) is 0 Å². The molecular formula is C33H52BrN3O4. The number of carbonyl (C=O) groups excluding carboxylic acids is 2. The molecule has 1 amide bonds. The zero-order chi connectivity index (χ0) is 29.5. The average molecular weight is 635 g/mol. The number of nitrogens with one attached hydrogen (secondary N) is 1. The Labute approximate surface area is 258 Å². The first-order valence-electron chi connectivity index (χ1n) is 14.7. The van der Waals surface area contributed by atoms with Gasteiger partial charge in [0, 0.05) is 18.7 Å². The van der Waals surface area contributed by atoms with Gasteiger partial charge in [-0.25, -0.2) is 0 Å². The maximum absolute atomic E-state index is 13.1. The van der Waals surface area contributed by atoms with Crippen LogP contribution >= 0.6 is 0 Å². The Morgan fingerprint density at radius 3 is 1.95 bits per heavy atom. The molecule has 41 heavy (non-hydrogen) atoms. The second-order valence-electron chi connectivity index (χ2n) is 11.1. The molecule has 2 aromatic carbocycles. The van der Waals surface area contributed by atoms with Crippen LogP contribution in [0.4, 0.5) is 5.69 Å². The van der Waals surface area contributed by atoms with Gasteiger partial charge in [-0.3, -0.25) is 14.5 Å². The first-order valence-corrected chi connectivity index (χ1v) is 14.7. The molecule has 0 saturated heterocycles. The number of para-hydroxylation sites is 1. The Morgan fingerprint density at radius 2 is 1.39 bits per heavy atom. The van der Waals surface area contributed by atoms with Crippen LogP contribution in [-0.4, -0.2) is 93.8 Å². The second kappa shape index (κ2) is 19.2. The smallest absolute Gasteiger partial charge is 0.238 e. The van der Waals surface area contributed by atoms with E-state index in [1.54, 1.807) is 0 Å². The van der Waals surface area contributed by atoms with Gasteiger partial charge < -0.3 is 36.3 Å². The summed E-state index contributed by atoms with van der Waals surface area (Å²) in [6.07, 6.45) is 1.53. The van der Waals surface area contributed by atoms with Crippen LogP contribution < -0.4 is 22.3 Å². The molecule has 230 valence electrons. The van der Waals surface area contributed by atoms with Gasteiger partial charge >= 0.3 is 0 Å². The number of benzene rings is 2. The number of halogens is 1. The van der Waals surface area contributed by atoms with Gasteiger partial charge in [-0.05, 0) is 75.9 Å². The molecule has 2 aromatic rings.